The number of aryl methyl sites for hydroxylation is 2. The van der Waals surface area contributed by atoms with E-state index in [0.29, 0.717) is 120 Å². The van der Waals surface area contributed by atoms with Gasteiger partial charge in [0.15, 0.2) is 11.5 Å². The fourth-order valence-electron chi connectivity index (χ4n) is 7.41. The summed E-state index contributed by atoms with van der Waals surface area (Å²) >= 11 is 0. The summed E-state index contributed by atoms with van der Waals surface area (Å²) in [6, 6.07) is 7.87. The first kappa shape index (κ1) is 49.4. The van der Waals surface area contributed by atoms with Gasteiger partial charge in [0.05, 0.1) is 118 Å². The Labute approximate surface area is 371 Å². The van der Waals surface area contributed by atoms with Crippen LogP contribution < -0.4 is 9.47 Å². The molecule has 0 aliphatic carbocycles. The standard InChI is InChI=1S/C48H67N5O10/c1-7-35-36(8-2)40-28-42-38(12-10-14-55)34(4)46(53-42)32-50-44-30-48(63-26-24-61-22-20-59-18-16-57-6)47(62-25-23-60-21-19-58-17-15-56-5)29-43(44)49-31-45-33(3)37(11-9-13-54)41(52-45)27-39(35)51-40/h27-32,52,54-55H,7-26H2,1-6H3. The minimum Gasteiger partial charge on any atom is -0.487 e. The molecule has 2 aliphatic rings. The van der Waals surface area contributed by atoms with Crippen LogP contribution in [0.2, 0.25) is 0 Å². The van der Waals surface area contributed by atoms with E-state index < -0.39 is 0 Å². The second-order valence-electron chi connectivity index (χ2n) is 15.0. The summed E-state index contributed by atoms with van der Waals surface area (Å²) in [4.78, 5) is 24.0. The first-order valence-corrected chi connectivity index (χ1v) is 22.1. The van der Waals surface area contributed by atoms with E-state index in [0.717, 1.165) is 63.2 Å². The fourth-order valence-corrected chi connectivity index (χ4v) is 7.41. The Kier molecular flexibility index (Phi) is 21.1. The summed E-state index contributed by atoms with van der Waals surface area (Å²) in [6.45, 7) is 13.5. The molecule has 0 unspecified atom stereocenters. The number of H-pyrrole nitrogens is 1. The molecule has 0 radical (unpaired) electrons. The van der Waals surface area contributed by atoms with Gasteiger partial charge in [0.25, 0.3) is 0 Å². The smallest absolute Gasteiger partial charge is 0.163 e. The fraction of sp³-hybridized carbons (Fsp3) is 0.542. The predicted molar refractivity (Wildman–Crippen MR) is 245 cm³/mol. The second kappa shape index (κ2) is 26.9. The molecule has 1 aromatic carbocycles. The first-order chi connectivity index (χ1) is 30.9. The zero-order chi connectivity index (χ0) is 44.8. The number of aromatic amines is 1. The van der Waals surface area contributed by atoms with E-state index in [1.807, 2.05) is 25.3 Å². The largest absolute Gasteiger partial charge is 0.487 e. The highest BCUT2D eigenvalue weighted by Gasteiger charge is 2.22. The number of nitrogens with zero attached hydrogens (tertiary/aromatic N) is 4. The number of aliphatic hydroxyl groups excluding tert-OH is 2. The average Bonchev–Trinajstić information content (AvgIpc) is 3.89. The average molecular weight is 874 g/mol. The number of ether oxygens (including phenoxy) is 8. The lowest BCUT2D eigenvalue weighted by Crippen LogP contribution is -2.14. The van der Waals surface area contributed by atoms with Gasteiger partial charge in [0, 0.05) is 45.1 Å². The van der Waals surface area contributed by atoms with Crippen molar-refractivity contribution in [3.8, 4) is 11.5 Å². The van der Waals surface area contributed by atoms with Gasteiger partial charge < -0.3 is 53.1 Å². The Morgan fingerprint density at radius 3 is 1.54 bits per heavy atom. The molecule has 63 heavy (non-hydrogen) atoms. The van der Waals surface area contributed by atoms with Gasteiger partial charge in [-0.05, 0) is 97.9 Å². The number of benzene rings is 1. The van der Waals surface area contributed by atoms with E-state index in [4.69, 9.17) is 57.8 Å². The molecule has 0 saturated carbocycles. The van der Waals surface area contributed by atoms with Gasteiger partial charge in [-0.3, -0.25) is 9.97 Å². The highest BCUT2D eigenvalue weighted by Crippen LogP contribution is 2.38. The number of hydrogen-bond donors (Lipinski definition) is 3. The van der Waals surface area contributed by atoms with Gasteiger partial charge in [-0.25, -0.2) is 9.97 Å². The number of aliphatic hydroxyl groups is 2. The summed E-state index contributed by atoms with van der Waals surface area (Å²) in [5, 5.41) is 19.7. The van der Waals surface area contributed by atoms with Gasteiger partial charge in [0.1, 0.15) is 13.2 Å². The van der Waals surface area contributed by atoms with E-state index in [1.165, 1.54) is 11.1 Å². The summed E-state index contributed by atoms with van der Waals surface area (Å²) < 4.78 is 45.3. The third-order valence-corrected chi connectivity index (χ3v) is 10.8. The number of aromatic nitrogens is 5. The van der Waals surface area contributed by atoms with Gasteiger partial charge in [-0.2, -0.15) is 0 Å². The van der Waals surface area contributed by atoms with Crippen molar-refractivity contribution in [1.82, 2.24) is 24.9 Å². The predicted octanol–water partition coefficient (Wildman–Crippen LogP) is 7.12. The summed E-state index contributed by atoms with van der Waals surface area (Å²) in [7, 11) is 3.28. The van der Waals surface area contributed by atoms with Crippen LogP contribution in [-0.2, 0) is 34.8 Å². The SMILES string of the molecule is CCC1=C(CC)c2cc3[nH]c(cnc4cc(OCCOCCOCCOC)c(OCCOCCOCCOC)cc4ncc4nc(cc1n2)C(CCCO)=C4C)c(C)c3CCCO. The number of methoxy groups -OCH3 is 2. The molecule has 0 saturated heterocycles. The van der Waals surface area contributed by atoms with Crippen LogP contribution >= 0.6 is 0 Å². The molecule has 3 aromatic rings. The lowest BCUT2D eigenvalue weighted by Gasteiger charge is -2.14. The van der Waals surface area contributed by atoms with Crippen LogP contribution in [0.15, 0.2) is 36.7 Å². The van der Waals surface area contributed by atoms with E-state index in [-0.39, 0.29) is 26.4 Å². The van der Waals surface area contributed by atoms with Crippen LogP contribution in [0.5, 0.6) is 11.5 Å². The van der Waals surface area contributed by atoms with E-state index in [2.05, 4.69) is 37.9 Å². The molecule has 0 amide bonds. The molecule has 344 valence electrons. The van der Waals surface area contributed by atoms with Gasteiger partial charge in [0.2, 0.25) is 0 Å². The molecule has 4 heterocycles. The van der Waals surface area contributed by atoms with Gasteiger partial charge in [-0.1, -0.05) is 13.8 Å². The van der Waals surface area contributed by atoms with Crippen LogP contribution in [0, 0.1) is 6.92 Å². The van der Waals surface area contributed by atoms with Crippen molar-refractivity contribution in [1.29, 1.82) is 0 Å². The topological polar surface area (TPSA) is 182 Å². The van der Waals surface area contributed by atoms with Crippen LogP contribution in [0.25, 0.3) is 44.4 Å². The maximum absolute atomic E-state index is 9.86. The second-order valence-corrected chi connectivity index (χ2v) is 15.0. The molecule has 15 nitrogen and oxygen atoms in total. The zero-order valence-electron chi connectivity index (χ0n) is 38.1. The molecule has 6 bridgehead atoms. The van der Waals surface area contributed by atoms with Crippen molar-refractivity contribution >= 4 is 44.4 Å². The van der Waals surface area contributed by atoms with Crippen molar-refractivity contribution in [2.45, 2.75) is 66.2 Å². The molecule has 0 fully saturated rings. The summed E-state index contributed by atoms with van der Waals surface area (Å²) in [5.74, 6) is 0.939. The van der Waals surface area contributed by atoms with E-state index in [9.17, 15) is 10.2 Å². The molecule has 2 aromatic heterocycles. The molecule has 15 heteroatoms. The van der Waals surface area contributed by atoms with E-state index in [1.54, 1.807) is 20.4 Å². The van der Waals surface area contributed by atoms with E-state index >= 15 is 0 Å². The normalized spacial score (nSPS) is 12.7. The Balaban J connectivity index is 1.65. The Hall–Kier alpha value is -4.58. The van der Waals surface area contributed by atoms with Gasteiger partial charge in [-0.15, -0.1) is 0 Å². The molecule has 0 atom stereocenters. The van der Waals surface area contributed by atoms with Crippen molar-refractivity contribution < 1.29 is 48.1 Å². The molecular formula is C48H67N5O10. The number of rotatable bonds is 28. The van der Waals surface area contributed by atoms with Crippen molar-refractivity contribution in [3.63, 3.8) is 0 Å². The molecule has 0 spiro atoms. The minimum atomic E-state index is 0.0682. The third kappa shape index (κ3) is 14.2. The number of hydrogen-bond acceptors (Lipinski definition) is 14. The van der Waals surface area contributed by atoms with Crippen molar-refractivity contribution in [3.05, 3.63) is 70.6 Å². The van der Waals surface area contributed by atoms with Crippen LogP contribution in [0.4, 0.5) is 0 Å². The highest BCUT2D eigenvalue weighted by molar-refractivity contribution is 5.95. The monoisotopic (exact) mass is 873 g/mol. The summed E-state index contributed by atoms with van der Waals surface area (Å²) in [6.07, 6.45) is 7.76. The molecular weight excluding hydrogens is 807 g/mol. The Morgan fingerprint density at radius 1 is 0.524 bits per heavy atom. The summed E-state index contributed by atoms with van der Waals surface area (Å²) in [5.41, 5.74) is 12.7. The van der Waals surface area contributed by atoms with Gasteiger partial charge >= 0.3 is 0 Å². The minimum absolute atomic E-state index is 0.0682. The number of nitrogens with one attached hydrogen (secondary N) is 1. The quantitative estimate of drug-likeness (QED) is 0.0627. The molecule has 5 rings (SSSR count). The van der Waals surface area contributed by atoms with Crippen molar-refractivity contribution in [2.24, 2.45) is 0 Å². The molecule has 2 aliphatic heterocycles. The molecule has 3 N–H and O–H groups in total. The maximum atomic E-state index is 9.86. The van der Waals surface area contributed by atoms with Crippen LogP contribution in [0.3, 0.4) is 0 Å². The van der Waals surface area contributed by atoms with Crippen LogP contribution in [-0.4, -0.2) is 142 Å². The Morgan fingerprint density at radius 2 is 1.00 bits per heavy atom. The van der Waals surface area contributed by atoms with Crippen molar-refractivity contribution in [2.75, 3.05) is 107 Å². The van der Waals surface area contributed by atoms with Crippen LogP contribution in [0.1, 0.15) is 86.8 Å². The maximum Gasteiger partial charge on any atom is 0.163 e. The number of allylic oxidation sites excluding steroid dienone is 4. The lowest BCUT2D eigenvalue weighted by atomic mass is 9.98. The number of fused-ring (bicyclic) bond motifs is 7. The first-order valence-electron chi connectivity index (χ1n) is 22.1. The zero-order valence-corrected chi connectivity index (χ0v) is 38.1. The lowest BCUT2D eigenvalue weighted by molar-refractivity contribution is 0.0160. The third-order valence-electron chi connectivity index (χ3n) is 10.8. The Bertz CT molecular complexity index is 2190. The highest BCUT2D eigenvalue weighted by atomic mass is 16.6.